The lowest BCUT2D eigenvalue weighted by Crippen LogP contribution is -2.36. The number of rotatable bonds is 9. The monoisotopic (exact) mass is 570 g/mol. The lowest BCUT2D eigenvalue weighted by Gasteiger charge is -2.18. The first-order chi connectivity index (χ1) is 17.9. The van der Waals surface area contributed by atoms with Gasteiger partial charge in [-0.25, -0.2) is 21.6 Å². The Morgan fingerprint density at radius 2 is 1.87 bits per heavy atom. The first-order valence-electron chi connectivity index (χ1n) is 11.9. The standard InChI is InChI=1S/C24H29F3N6O3S2/c1-12-24(37-13(2)29-12)38(35,36)32-17-9-8-16(25)18(20(17)27)14-6-7-15-21(19(14)26)30-31-22(15)23(34)28-10-5-11-33(3)4/h6-9,12-13,24,29,32H,5,10-11H2,1-4H3,(H,28,34)(H,30,31). The number of benzene rings is 2. The van der Waals surface area contributed by atoms with E-state index < -0.39 is 60.8 Å². The van der Waals surface area contributed by atoms with Crippen molar-refractivity contribution in [2.75, 3.05) is 31.9 Å². The first-order valence-corrected chi connectivity index (χ1v) is 14.4. The van der Waals surface area contributed by atoms with Gasteiger partial charge in [0, 0.05) is 23.5 Å². The maximum Gasteiger partial charge on any atom is 0.269 e. The van der Waals surface area contributed by atoms with E-state index in [1.165, 1.54) is 6.07 Å². The van der Waals surface area contributed by atoms with Crippen LogP contribution in [0.3, 0.4) is 0 Å². The molecule has 9 nitrogen and oxygen atoms in total. The van der Waals surface area contributed by atoms with Crippen molar-refractivity contribution in [3.8, 4) is 11.1 Å². The highest BCUT2D eigenvalue weighted by Gasteiger charge is 2.39. The van der Waals surface area contributed by atoms with E-state index in [4.69, 9.17) is 0 Å². The highest BCUT2D eigenvalue weighted by atomic mass is 32.3. The third-order valence-corrected chi connectivity index (χ3v) is 9.96. The number of amides is 1. The molecular formula is C24H29F3N6O3S2. The molecule has 4 rings (SSSR count). The highest BCUT2D eigenvalue weighted by Crippen LogP contribution is 2.37. The van der Waals surface area contributed by atoms with Crippen LogP contribution in [0, 0.1) is 17.5 Å². The van der Waals surface area contributed by atoms with Crippen molar-refractivity contribution in [3.05, 3.63) is 47.4 Å². The molecule has 0 bridgehead atoms. The Hall–Kier alpha value is -2.81. The van der Waals surface area contributed by atoms with Crippen LogP contribution in [0.15, 0.2) is 24.3 Å². The largest absolute Gasteiger partial charge is 0.351 e. The second kappa shape index (κ2) is 11.1. The summed E-state index contributed by atoms with van der Waals surface area (Å²) in [5, 5.41) is 12.2. The fourth-order valence-electron chi connectivity index (χ4n) is 4.34. The molecular weight excluding hydrogens is 541 g/mol. The Labute approximate surface area is 223 Å². The molecule has 2 aromatic carbocycles. The minimum Gasteiger partial charge on any atom is -0.351 e. The third kappa shape index (κ3) is 5.63. The number of aromatic amines is 1. The van der Waals surface area contributed by atoms with Gasteiger partial charge in [0.1, 0.15) is 21.6 Å². The number of halogens is 3. The zero-order chi connectivity index (χ0) is 27.8. The van der Waals surface area contributed by atoms with E-state index in [0.29, 0.717) is 13.0 Å². The average molecular weight is 571 g/mol. The Morgan fingerprint density at radius 3 is 2.53 bits per heavy atom. The van der Waals surface area contributed by atoms with Gasteiger partial charge in [-0.3, -0.25) is 14.6 Å². The quantitative estimate of drug-likeness (QED) is 0.291. The molecule has 3 unspecified atom stereocenters. The number of carbonyl (C=O) groups is 1. The summed E-state index contributed by atoms with van der Waals surface area (Å²) in [7, 11) is -0.244. The predicted octanol–water partition coefficient (Wildman–Crippen LogP) is 3.47. The smallest absolute Gasteiger partial charge is 0.269 e. The van der Waals surface area contributed by atoms with E-state index in [9.17, 15) is 17.6 Å². The van der Waals surface area contributed by atoms with Gasteiger partial charge in [0.05, 0.1) is 16.6 Å². The van der Waals surface area contributed by atoms with E-state index in [0.717, 1.165) is 36.5 Å². The zero-order valence-electron chi connectivity index (χ0n) is 21.2. The molecule has 206 valence electrons. The number of nitrogens with one attached hydrogen (secondary N) is 4. The van der Waals surface area contributed by atoms with Crippen molar-refractivity contribution in [1.82, 2.24) is 25.7 Å². The topological polar surface area (TPSA) is 119 Å². The zero-order valence-corrected chi connectivity index (χ0v) is 22.9. The van der Waals surface area contributed by atoms with Crippen molar-refractivity contribution in [2.45, 2.75) is 36.3 Å². The Morgan fingerprint density at radius 1 is 1.13 bits per heavy atom. The number of carbonyl (C=O) groups excluding carboxylic acids is 1. The van der Waals surface area contributed by atoms with Crippen LogP contribution in [-0.4, -0.2) is 72.6 Å². The van der Waals surface area contributed by atoms with Crippen molar-refractivity contribution in [2.24, 2.45) is 0 Å². The summed E-state index contributed by atoms with van der Waals surface area (Å²) in [5.74, 6) is -3.90. The predicted molar refractivity (Wildman–Crippen MR) is 143 cm³/mol. The molecule has 3 atom stereocenters. The molecule has 0 saturated carbocycles. The van der Waals surface area contributed by atoms with Crippen molar-refractivity contribution in [3.63, 3.8) is 0 Å². The number of hydrogen-bond donors (Lipinski definition) is 4. The van der Waals surface area contributed by atoms with Gasteiger partial charge in [-0.05, 0) is 59.1 Å². The molecule has 1 saturated heterocycles. The molecule has 0 aliphatic carbocycles. The summed E-state index contributed by atoms with van der Waals surface area (Å²) in [5.41, 5.74) is -1.98. The SMILES string of the molecule is CC1NC(C)C(S(=O)(=O)Nc2ccc(F)c(-c3ccc4c(C(=O)NCCCN(C)C)[nH]nc4c3F)c2F)S1. The second-order valence-electron chi connectivity index (χ2n) is 9.37. The maximum absolute atomic E-state index is 15.5. The summed E-state index contributed by atoms with van der Waals surface area (Å²) >= 11 is 1.16. The molecule has 1 amide bonds. The summed E-state index contributed by atoms with van der Waals surface area (Å²) in [6.45, 7) is 4.66. The molecule has 1 aliphatic heterocycles. The summed E-state index contributed by atoms with van der Waals surface area (Å²) in [6.07, 6.45) is 0.704. The third-order valence-electron chi connectivity index (χ3n) is 6.12. The number of sulfonamides is 1. The van der Waals surface area contributed by atoms with Gasteiger partial charge in [0.15, 0.2) is 11.6 Å². The molecule has 0 spiro atoms. The number of fused-ring (bicyclic) bond motifs is 1. The van der Waals surface area contributed by atoms with Crippen molar-refractivity contribution >= 4 is 44.3 Å². The lowest BCUT2D eigenvalue weighted by molar-refractivity contribution is 0.0949. The van der Waals surface area contributed by atoms with Gasteiger partial charge in [-0.2, -0.15) is 5.10 Å². The van der Waals surface area contributed by atoms with Crippen LogP contribution < -0.4 is 15.4 Å². The number of anilines is 1. The van der Waals surface area contributed by atoms with Crippen molar-refractivity contribution < 1.29 is 26.4 Å². The molecule has 1 fully saturated rings. The Bertz CT molecular complexity index is 1460. The van der Waals surface area contributed by atoms with Crippen molar-refractivity contribution in [1.29, 1.82) is 0 Å². The molecule has 1 aromatic heterocycles. The lowest BCUT2D eigenvalue weighted by atomic mass is 10.0. The fraction of sp³-hybridized carbons (Fsp3) is 0.417. The van der Waals surface area contributed by atoms with Crippen LogP contribution in [0.5, 0.6) is 0 Å². The second-order valence-corrected chi connectivity index (χ2v) is 13.0. The fourth-order valence-corrected chi connectivity index (χ4v) is 7.77. The van der Waals surface area contributed by atoms with E-state index in [1.807, 2.05) is 25.9 Å². The van der Waals surface area contributed by atoms with Gasteiger partial charge in [-0.1, -0.05) is 6.07 Å². The number of aromatic nitrogens is 2. The van der Waals surface area contributed by atoms with E-state index >= 15 is 8.78 Å². The average Bonchev–Trinajstić information content (AvgIpc) is 3.43. The molecule has 0 radical (unpaired) electrons. The summed E-state index contributed by atoms with van der Waals surface area (Å²) < 4.78 is 72.9. The highest BCUT2D eigenvalue weighted by molar-refractivity contribution is 8.14. The number of nitrogens with zero attached hydrogens (tertiary/aromatic N) is 2. The van der Waals surface area contributed by atoms with Gasteiger partial charge in [-0.15, -0.1) is 11.8 Å². The molecule has 14 heteroatoms. The van der Waals surface area contributed by atoms with Gasteiger partial charge in [0.2, 0.25) is 10.0 Å². The van der Waals surface area contributed by atoms with Gasteiger partial charge < -0.3 is 15.5 Å². The first kappa shape index (κ1) is 28.2. The minimum atomic E-state index is -4.07. The Kier molecular flexibility index (Phi) is 8.26. The number of H-pyrrole nitrogens is 1. The van der Waals surface area contributed by atoms with Gasteiger partial charge in [0.25, 0.3) is 5.91 Å². The van der Waals surface area contributed by atoms with Crippen LogP contribution in [0.1, 0.15) is 30.8 Å². The molecule has 38 heavy (non-hydrogen) atoms. The number of hydrogen-bond acceptors (Lipinski definition) is 7. The normalized spacial score (nSPS) is 19.8. The van der Waals surface area contributed by atoms with Crippen LogP contribution in [-0.2, 0) is 10.0 Å². The summed E-state index contributed by atoms with van der Waals surface area (Å²) in [4.78, 5) is 14.5. The number of thioether (sulfide) groups is 1. The van der Waals surface area contributed by atoms with Crippen LogP contribution in [0.4, 0.5) is 18.9 Å². The molecule has 1 aliphatic rings. The molecule has 2 heterocycles. The summed E-state index contributed by atoms with van der Waals surface area (Å²) in [6, 6.07) is 3.89. The van der Waals surface area contributed by atoms with Crippen LogP contribution >= 0.6 is 11.8 Å². The minimum absolute atomic E-state index is 0.0174. The van der Waals surface area contributed by atoms with E-state index in [1.54, 1.807) is 6.92 Å². The van der Waals surface area contributed by atoms with Crippen LogP contribution in [0.2, 0.25) is 0 Å². The molecule has 4 N–H and O–H groups in total. The molecule has 3 aromatic rings. The Balaban J connectivity index is 1.64. The maximum atomic E-state index is 15.5. The van der Waals surface area contributed by atoms with E-state index in [2.05, 4.69) is 25.6 Å². The van der Waals surface area contributed by atoms with E-state index in [-0.39, 0.29) is 22.0 Å². The van der Waals surface area contributed by atoms with Gasteiger partial charge >= 0.3 is 0 Å². The van der Waals surface area contributed by atoms with Crippen LogP contribution in [0.25, 0.3) is 22.0 Å².